The van der Waals surface area contributed by atoms with Gasteiger partial charge in [-0.2, -0.15) is 0 Å². The van der Waals surface area contributed by atoms with E-state index < -0.39 is 11.9 Å². The summed E-state index contributed by atoms with van der Waals surface area (Å²) >= 11 is 11.9. The van der Waals surface area contributed by atoms with Gasteiger partial charge in [0.05, 0.1) is 22.9 Å². The summed E-state index contributed by atoms with van der Waals surface area (Å²) in [6.07, 6.45) is 0.317. The molecule has 1 aromatic rings. The topological polar surface area (TPSA) is 43.4 Å². The first kappa shape index (κ1) is 11.4. The number of carbonyl (C=O) groups is 2. The molecule has 1 aliphatic rings. The second kappa shape index (κ2) is 4.44. The molecule has 0 aliphatic carbocycles. The molecule has 0 radical (unpaired) electrons. The molecule has 1 fully saturated rings. The Morgan fingerprint density at radius 1 is 1.12 bits per heavy atom. The predicted octanol–water partition coefficient (Wildman–Crippen LogP) is 2.94. The number of hydrogen-bond acceptors (Lipinski definition) is 3. The van der Waals surface area contributed by atoms with E-state index in [0.29, 0.717) is 10.0 Å². The third kappa shape index (κ3) is 2.20. The molecule has 0 unspecified atom stereocenters. The second-order valence-corrected chi connectivity index (χ2v) is 4.38. The molecule has 2 rings (SSSR count). The minimum atomic E-state index is -0.516. The van der Waals surface area contributed by atoms with Crippen LogP contribution in [0.3, 0.4) is 0 Å². The van der Waals surface area contributed by atoms with E-state index in [-0.39, 0.29) is 18.8 Å². The van der Waals surface area contributed by atoms with Gasteiger partial charge in [0.15, 0.2) is 0 Å². The number of benzene rings is 1. The Kier molecular flexibility index (Phi) is 3.17. The SMILES string of the molecule is O=C1CC(c2cccc(Cl)c2Cl)CC(=O)O1. The van der Waals surface area contributed by atoms with Gasteiger partial charge in [-0.05, 0) is 11.6 Å². The van der Waals surface area contributed by atoms with Gasteiger partial charge in [-0.3, -0.25) is 9.59 Å². The summed E-state index contributed by atoms with van der Waals surface area (Å²) in [4.78, 5) is 22.3. The van der Waals surface area contributed by atoms with Crippen molar-refractivity contribution in [2.45, 2.75) is 18.8 Å². The lowest BCUT2D eigenvalue weighted by molar-refractivity contribution is -0.163. The smallest absolute Gasteiger partial charge is 0.314 e. The van der Waals surface area contributed by atoms with Crippen molar-refractivity contribution in [1.82, 2.24) is 0 Å². The summed E-state index contributed by atoms with van der Waals surface area (Å²) in [5.74, 6) is -1.27. The Morgan fingerprint density at radius 3 is 2.38 bits per heavy atom. The molecule has 0 amide bonds. The molecule has 1 heterocycles. The Balaban J connectivity index is 2.33. The third-order valence-corrected chi connectivity index (χ3v) is 3.31. The van der Waals surface area contributed by atoms with Crippen LogP contribution in [0.1, 0.15) is 24.3 Å². The maximum Gasteiger partial charge on any atom is 0.314 e. The van der Waals surface area contributed by atoms with Gasteiger partial charge in [0.25, 0.3) is 0 Å². The highest BCUT2D eigenvalue weighted by molar-refractivity contribution is 6.42. The van der Waals surface area contributed by atoms with Gasteiger partial charge in [0.1, 0.15) is 0 Å². The zero-order valence-corrected chi connectivity index (χ0v) is 9.72. The monoisotopic (exact) mass is 258 g/mol. The molecular formula is C11H8Cl2O3. The van der Waals surface area contributed by atoms with Crippen LogP contribution in [0.4, 0.5) is 0 Å². The van der Waals surface area contributed by atoms with Crippen molar-refractivity contribution in [2.24, 2.45) is 0 Å². The van der Waals surface area contributed by atoms with Gasteiger partial charge >= 0.3 is 11.9 Å². The molecule has 1 aromatic carbocycles. The molecule has 84 valence electrons. The van der Waals surface area contributed by atoms with Crippen molar-refractivity contribution in [3.63, 3.8) is 0 Å². The normalized spacial score (nSPS) is 17.4. The van der Waals surface area contributed by atoms with E-state index in [9.17, 15) is 9.59 Å². The van der Waals surface area contributed by atoms with Crippen LogP contribution in [0.25, 0.3) is 0 Å². The first-order chi connectivity index (χ1) is 7.58. The summed E-state index contributed by atoms with van der Waals surface area (Å²) < 4.78 is 4.45. The van der Waals surface area contributed by atoms with Crippen LogP contribution in [0.5, 0.6) is 0 Å². The first-order valence-corrected chi connectivity index (χ1v) is 5.51. The number of ether oxygens (including phenoxy) is 1. The standard InChI is InChI=1S/C11H8Cl2O3/c12-8-3-1-2-7(11(8)13)6-4-9(14)16-10(15)5-6/h1-3,6H,4-5H2. The Morgan fingerprint density at radius 2 is 1.75 bits per heavy atom. The molecule has 1 saturated heterocycles. The van der Waals surface area contributed by atoms with Crippen LogP contribution < -0.4 is 0 Å². The van der Waals surface area contributed by atoms with E-state index in [2.05, 4.69) is 4.74 Å². The van der Waals surface area contributed by atoms with Crippen LogP contribution in [-0.2, 0) is 14.3 Å². The fraction of sp³-hybridized carbons (Fsp3) is 0.273. The fourth-order valence-electron chi connectivity index (χ4n) is 1.74. The molecule has 3 nitrogen and oxygen atoms in total. The number of carbonyl (C=O) groups excluding carboxylic acids is 2. The van der Waals surface area contributed by atoms with Crippen LogP contribution >= 0.6 is 23.2 Å². The van der Waals surface area contributed by atoms with E-state index in [1.54, 1.807) is 18.2 Å². The maximum atomic E-state index is 11.1. The van der Waals surface area contributed by atoms with E-state index in [1.807, 2.05) is 0 Å². The van der Waals surface area contributed by atoms with E-state index in [1.165, 1.54) is 0 Å². The third-order valence-electron chi connectivity index (χ3n) is 2.48. The highest BCUT2D eigenvalue weighted by atomic mass is 35.5. The quantitative estimate of drug-likeness (QED) is 0.575. The maximum absolute atomic E-state index is 11.1. The molecule has 0 N–H and O–H groups in total. The van der Waals surface area contributed by atoms with Gasteiger partial charge in [-0.25, -0.2) is 0 Å². The van der Waals surface area contributed by atoms with Gasteiger partial charge < -0.3 is 4.74 Å². The fourth-order valence-corrected chi connectivity index (χ4v) is 2.20. The Hall–Kier alpha value is -1.06. The van der Waals surface area contributed by atoms with E-state index in [4.69, 9.17) is 23.2 Å². The highest BCUT2D eigenvalue weighted by Gasteiger charge is 2.29. The minimum Gasteiger partial charge on any atom is -0.393 e. The van der Waals surface area contributed by atoms with Crippen LogP contribution in [0.2, 0.25) is 10.0 Å². The number of halogens is 2. The van der Waals surface area contributed by atoms with Gasteiger partial charge in [0, 0.05) is 5.92 Å². The molecule has 0 spiro atoms. The second-order valence-electron chi connectivity index (χ2n) is 3.59. The molecule has 0 atom stereocenters. The van der Waals surface area contributed by atoms with Gasteiger partial charge in [-0.1, -0.05) is 35.3 Å². The van der Waals surface area contributed by atoms with Crippen molar-refractivity contribution in [3.8, 4) is 0 Å². The van der Waals surface area contributed by atoms with E-state index >= 15 is 0 Å². The van der Waals surface area contributed by atoms with Crippen LogP contribution in [-0.4, -0.2) is 11.9 Å². The minimum absolute atomic E-state index is 0.159. The van der Waals surface area contributed by atoms with Crippen LogP contribution in [0.15, 0.2) is 18.2 Å². The summed E-state index contributed by atoms with van der Waals surface area (Å²) in [6.45, 7) is 0. The summed E-state index contributed by atoms with van der Waals surface area (Å²) in [7, 11) is 0. The molecular weight excluding hydrogens is 251 g/mol. The van der Waals surface area contributed by atoms with Crippen molar-refractivity contribution in [3.05, 3.63) is 33.8 Å². The summed E-state index contributed by atoms with van der Waals surface area (Å²) in [5, 5.41) is 0.822. The molecule has 0 aromatic heterocycles. The average Bonchev–Trinajstić information content (AvgIpc) is 2.20. The zero-order valence-electron chi connectivity index (χ0n) is 8.20. The zero-order chi connectivity index (χ0) is 11.7. The molecule has 1 aliphatic heterocycles. The molecule has 0 saturated carbocycles. The Bertz CT molecular complexity index is 441. The van der Waals surface area contributed by atoms with Gasteiger partial charge in [0.2, 0.25) is 0 Å². The largest absolute Gasteiger partial charge is 0.393 e. The van der Waals surface area contributed by atoms with E-state index in [0.717, 1.165) is 5.56 Å². The number of cyclic esters (lactones) is 2. The lowest BCUT2D eigenvalue weighted by atomic mass is 9.91. The van der Waals surface area contributed by atoms with Crippen molar-refractivity contribution in [2.75, 3.05) is 0 Å². The van der Waals surface area contributed by atoms with Crippen molar-refractivity contribution >= 4 is 35.1 Å². The Labute approximate surface area is 102 Å². The summed E-state index contributed by atoms with van der Waals surface area (Å²) in [5.41, 5.74) is 0.721. The average molecular weight is 259 g/mol. The molecule has 16 heavy (non-hydrogen) atoms. The van der Waals surface area contributed by atoms with Crippen molar-refractivity contribution in [1.29, 1.82) is 0 Å². The highest BCUT2D eigenvalue weighted by Crippen LogP contribution is 2.36. The number of hydrogen-bond donors (Lipinski definition) is 0. The number of esters is 2. The summed E-state index contributed by atoms with van der Waals surface area (Å²) in [6, 6.07) is 5.18. The number of rotatable bonds is 1. The lowest BCUT2D eigenvalue weighted by Gasteiger charge is -2.21. The van der Waals surface area contributed by atoms with Crippen molar-refractivity contribution < 1.29 is 14.3 Å². The van der Waals surface area contributed by atoms with Crippen LogP contribution in [0, 0.1) is 0 Å². The van der Waals surface area contributed by atoms with Gasteiger partial charge in [-0.15, -0.1) is 0 Å². The lowest BCUT2D eigenvalue weighted by Crippen LogP contribution is -2.24. The predicted molar refractivity (Wildman–Crippen MR) is 59.5 cm³/mol. The molecule has 5 heteroatoms. The first-order valence-electron chi connectivity index (χ1n) is 4.75. The molecule has 0 bridgehead atoms.